The van der Waals surface area contributed by atoms with Crippen LogP contribution in [0.25, 0.3) is 0 Å². The average molecular weight is 359 g/mol. The van der Waals surface area contributed by atoms with Gasteiger partial charge in [-0.2, -0.15) is 0 Å². The minimum atomic E-state index is -1.04. The molecule has 25 heavy (non-hydrogen) atoms. The van der Waals surface area contributed by atoms with Crippen LogP contribution in [-0.2, 0) is 16.1 Å². The van der Waals surface area contributed by atoms with Crippen LogP contribution in [0.4, 0.5) is 5.69 Å². The lowest BCUT2D eigenvalue weighted by molar-refractivity contribution is -0.123. The molecule has 0 bridgehead atoms. The summed E-state index contributed by atoms with van der Waals surface area (Å²) in [7, 11) is 0. The number of hydrogen-bond donors (Lipinski definition) is 1. The standard InChI is InChI=1S/C17H17N3O4S/c1-10-3-5-12(6-4-10)19-14(21)11(2)24-16(23)13-9-18-17-20(15(13)22)7-8-25-17/h3-6,9,11H,7-8H2,1-2H3,(H,19,21)/t11-/m1/s1. The number of anilines is 1. The molecule has 2 aromatic rings. The number of esters is 1. The number of fused-ring (bicyclic) bond motifs is 1. The number of carbonyl (C=O) groups excluding carboxylic acids is 2. The van der Waals surface area contributed by atoms with Crippen molar-refractivity contribution in [3.63, 3.8) is 0 Å². The minimum absolute atomic E-state index is 0.166. The quantitative estimate of drug-likeness (QED) is 0.662. The monoisotopic (exact) mass is 359 g/mol. The van der Waals surface area contributed by atoms with E-state index >= 15 is 0 Å². The van der Waals surface area contributed by atoms with Gasteiger partial charge in [-0.1, -0.05) is 29.5 Å². The molecule has 0 saturated heterocycles. The summed E-state index contributed by atoms with van der Waals surface area (Å²) < 4.78 is 6.57. The van der Waals surface area contributed by atoms with E-state index in [4.69, 9.17) is 4.74 Å². The van der Waals surface area contributed by atoms with E-state index in [0.717, 1.165) is 11.3 Å². The highest BCUT2D eigenvalue weighted by Gasteiger charge is 2.24. The second kappa shape index (κ2) is 7.10. The van der Waals surface area contributed by atoms with Crippen LogP contribution in [0.1, 0.15) is 22.8 Å². The van der Waals surface area contributed by atoms with E-state index in [9.17, 15) is 14.4 Å². The number of amides is 1. The zero-order chi connectivity index (χ0) is 18.0. The number of aryl methyl sites for hydroxylation is 1. The Morgan fingerprint density at radius 1 is 1.32 bits per heavy atom. The SMILES string of the molecule is Cc1ccc(NC(=O)[C@@H](C)OC(=O)c2cnc3n(c2=O)CCS3)cc1. The molecule has 1 amide bonds. The lowest BCUT2D eigenvalue weighted by Gasteiger charge is -2.13. The van der Waals surface area contributed by atoms with Gasteiger partial charge in [0.25, 0.3) is 11.5 Å². The molecule has 1 aliphatic rings. The van der Waals surface area contributed by atoms with Gasteiger partial charge in [0, 0.05) is 18.0 Å². The highest BCUT2D eigenvalue weighted by atomic mass is 32.2. The van der Waals surface area contributed by atoms with Gasteiger partial charge in [-0.15, -0.1) is 0 Å². The van der Waals surface area contributed by atoms with E-state index in [1.807, 2.05) is 19.1 Å². The Morgan fingerprint density at radius 3 is 2.76 bits per heavy atom. The summed E-state index contributed by atoms with van der Waals surface area (Å²) in [5, 5.41) is 3.25. The zero-order valence-electron chi connectivity index (χ0n) is 13.8. The summed E-state index contributed by atoms with van der Waals surface area (Å²) in [6, 6.07) is 7.25. The van der Waals surface area contributed by atoms with Gasteiger partial charge in [0.1, 0.15) is 5.56 Å². The summed E-state index contributed by atoms with van der Waals surface area (Å²) in [5.74, 6) is -0.575. The number of ether oxygens (including phenoxy) is 1. The Bertz CT molecular complexity index is 876. The molecule has 1 aromatic heterocycles. The van der Waals surface area contributed by atoms with Crippen molar-refractivity contribution in [2.24, 2.45) is 0 Å². The summed E-state index contributed by atoms with van der Waals surface area (Å²) in [4.78, 5) is 40.7. The van der Waals surface area contributed by atoms with E-state index in [2.05, 4.69) is 10.3 Å². The third-order valence-electron chi connectivity index (χ3n) is 3.75. The molecule has 0 spiro atoms. The van der Waals surface area contributed by atoms with Crippen molar-refractivity contribution in [2.75, 3.05) is 11.1 Å². The van der Waals surface area contributed by atoms with Gasteiger partial charge >= 0.3 is 5.97 Å². The number of aromatic nitrogens is 2. The number of benzene rings is 1. The molecule has 7 nitrogen and oxygen atoms in total. The maximum Gasteiger partial charge on any atom is 0.346 e. The fourth-order valence-corrected chi connectivity index (χ4v) is 3.23. The van der Waals surface area contributed by atoms with Crippen LogP contribution in [-0.4, -0.2) is 33.3 Å². The Morgan fingerprint density at radius 2 is 2.04 bits per heavy atom. The second-order valence-electron chi connectivity index (χ2n) is 5.66. The first kappa shape index (κ1) is 17.2. The highest BCUT2D eigenvalue weighted by Crippen LogP contribution is 2.20. The van der Waals surface area contributed by atoms with E-state index in [-0.39, 0.29) is 5.56 Å². The third-order valence-corrected chi connectivity index (χ3v) is 4.72. The zero-order valence-corrected chi connectivity index (χ0v) is 14.6. The molecule has 1 aliphatic heterocycles. The highest BCUT2D eigenvalue weighted by molar-refractivity contribution is 7.99. The first-order valence-electron chi connectivity index (χ1n) is 7.77. The number of nitrogens with one attached hydrogen (secondary N) is 1. The average Bonchev–Trinajstić information content (AvgIpc) is 3.06. The number of hydrogen-bond acceptors (Lipinski definition) is 6. The summed E-state index contributed by atoms with van der Waals surface area (Å²) >= 11 is 1.46. The lowest BCUT2D eigenvalue weighted by atomic mass is 10.2. The van der Waals surface area contributed by atoms with Crippen LogP contribution in [0.5, 0.6) is 0 Å². The van der Waals surface area contributed by atoms with E-state index in [1.54, 1.807) is 12.1 Å². The van der Waals surface area contributed by atoms with Gasteiger partial charge < -0.3 is 10.1 Å². The molecule has 3 rings (SSSR count). The third kappa shape index (κ3) is 3.74. The maximum atomic E-state index is 12.3. The van der Waals surface area contributed by atoms with Gasteiger partial charge in [-0.25, -0.2) is 9.78 Å². The maximum absolute atomic E-state index is 12.3. The summed E-state index contributed by atoms with van der Waals surface area (Å²) in [6.45, 7) is 3.91. The predicted octanol–water partition coefficient (Wildman–Crippen LogP) is 1.84. The molecule has 0 saturated carbocycles. The molecule has 0 radical (unpaired) electrons. The van der Waals surface area contributed by atoms with Gasteiger partial charge in [0.15, 0.2) is 11.3 Å². The fourth-order valence-electron chi connectivity index (χ4n) is 2.32. The predicted molar refractivity (Wildman–Crippen MR) is 93.9 cm³/mol. The van der Waals surface area contributed by atoms with Crippen LogP contribution < -0.4 is 10.9 Å². The van der Waals surface area contributed by atoms with Crippen molar-refractivity contribution >= 4 is 29.3 Å². The topological polar surface area (TPSA) is 90.3 Å². The van der Waals surface area contributed by atoms with Crippen LogP contribution in [0.3, 0.4) is 0 Å². The van der Waals surface area contributed by atoms with Crippen LogP contribution >= 0.6 is 11.8 Å². The number of thioether (sulfide) groups is 1. The van der Waals surface area contributed by atoms with Gasteiger partial charge in [-0.05, 0) is 26.0 Å². The molecule has 130 valence electrons. The van der Waals surface area contributed by atoms with E-state index in [0.29, 0.717) is 17.4 Å². The Hall–Kier alpha value is -2.61. The number of carbonyl (C=O) groups is 2. The van der Waals surface area contributed by atoms with Crippen LogP contribution in [0.15, 0.2) is 40.4 Å². The molecule has 0 aliphatic carbocycles. The van der Waals surface area contributed by atoms with Crippen LogP contribution in [0, 0.1) is 6.92 Å². The Labute approximate surface area is 148 Å². The van der Waals surface area contributed by atoms with Crippen LogP contribution in [0.2, 0.25) is 0 Å². The largest absolute Gasteiger partial charge is 0.449 e. The molecule has 8 heteroatoms. The number of rotatable bonds is 4. The summed E-state index contributed by atoms with van der Waals surface area (Å²) in [5.41, 5.74) is 1.07. The molecule has 2 heterocycles. The van der Waals surface area contributed by atoms with Crippen molar-refractivity contribution < 1.29 is 14.3 Å². The molecule has 0 unspecified atom stereocenters. The van der Waals surface area contributed by atoms with Crippen molar-refractivity contribution in [1.29, 1.82) is 0 Å². The Kier molecular flexibility index (Phi) is 4.89. The van der Waals surface area contributed by atoms with Crippen molar-refractivity contribution in [2.45, 2.75) is 31.7 Å². The van der Waals surface area contributed by atoms with Gasteiger partial charge in [0.05, 0.1) is 6.20 Å². The molecule has 1 aromatic carbocycles. The normalized spacial score (nSPS) is 13.8. The molecule has 1 N–H and O–H groups in total. The van der Waals surface area contributed by atoms with Crippen molar-refractivity contribution in [3.05, 3.63) is 51.9 Å². The first-order chi connectivity index (χ1) is 12.0. The first-order valence-corrected chi connectivity index (χ1v) is 8.75. The van der Waals surface area contributed by atoms with Crippen molar-refractivity contribution in [1.82, 2.24) is 9.55 Å². The van der Waals surface area contributed by atoms with Gasteiger partial charge in [0.2, 0.25) is 0 Å². The van der Waals surface area contributed by atoms with E-state index in [1.165, 1.54) is 29.4 Å². The molecule has 0 fully saturated rings. The smallest absolute Gasteiger partial charge is 0.346 e. The fraction of sp³-hybridized carbons (Fsp3) is 0.294. The van der Waals surface area contributed by atoms with E-state index < -0.39 is 23.5 Å². The van der Waals surface area contributed by atoms with Crippen molar-refractivity contribution in [3.8, 4) is 0 Å². The minimum Gasteiger partial charge on any atom is -0.449 e. The number of nitrogens with zero attached hydrogens (tertiary/aromatic N) is 2. The summed E-state index contributed by atoms with van der Waals surface area (Å²) in [6.07, 6.45) is 0.167. The second-order valence-corrected chi connectivity index (χ2v) is 6.72. The molecular weight excluding hydrogens is 342 g/mol. The molecular formula is C17H17N3O4S. The lowest BCUT2D eigenvalue weighted by Crippen LogP contribution is -2.33. The molecule has 1 atom stereocenters. The van der Waals surface area contributed by atoms with Gasteiger partial charge in [-0.3, -0.25) is 14.2 Å². The Balaban J connectivity index is 1.67.